The maximum absolute atomic E-state index is 8.40. The van der Waals surface area contributed by atoms with Crippen LogP contribution in [0.3, 0.4) is 0 Å². The molecule has 0 amide bonds. The van der Waals surface area contributed by atoms with Crippen molar-refractivity contribution in [2.75, 3.05) is 25.3 Å². The monoisotopic (exact) mass is 183 g/mol. The Morgan fingerprint density at radius 3 is 1.88 bits per heavy atom. The number of nitrogens with zero attached hydrogens (tertiary/aromatic N) is 1. The molecule has 0 heterocycles. The van der Waals surface area contributed by atoms with E-state index in [4.69, 9.17) is 10.2 Å². The van der Waals surface area contributed by atoms with Gasteiger partial charge in [0, 0.05) is 11.9 Å². The molecule has 3 nitrogen and oxygen atoms in total. The van der Waals surface area contributed by atoms with Gasteiger partial charge in [0.05, 0.1) is 13.5 Å². The zero-order chi connectivity index (χ0) is 6.41. The van der Waals surface area contributed by atoms with Crippen LogP contribution in [0.25, 0.3) is 0 Å². The van der Waals surface area contributed by atoms with Gasteiger partial charge in [0.15, 0.2) is 0 Å². The van der Waals surface area contributed by atoms with Crippen molar-refractivity contribution >= 4 is 15.9 Å². The first-order valence-electron chi connectivity index (χ1n) is 2.35. The molecule has 0 saturated heterocycles. The van der Waals surface area contributed by atoms with E-state index in [9.17, 15) is 0 Å². The summed E-state index contributed by atoms with van der Waals surface area (Å²) in [5, 5.41) is 17.6. The summed E-state index contributed by atoms with van der Waals surface area (Å²) < 4.78 is 0. The minimum Gasteiger partial charge on any atom is -0.381 e. The Kier molecular flexibility index (Phi) is 5.74. The molecule has 0 aliphatic rings. The van der Waals surface area contributed by atoms with Gasteiger partial charge in [0.25, 0.3) is 0 Å². The third kappa shape index (κ3) is 3.37. The molecule has 0 aliphatic heterocycles. The number of hydrogen-bond donors (Lipinski definition) is 2. The molecule has 0 spiro atoms. The number of hydrogen-bond acceptors (Lipinski definition) is 3. The Morgan fingerprint density at radius 1 is 1.25 bits per heavy atom. The van der Waals surface area contributed by atoms with Crippen molar-refractivity contribution in [2.45, 2.75) is 0 Å². The molecule has 0 aromatic carbocycles. The summed E-state index contributed by atoms with van der Waals surface area (Å²) in [5.41, 5.74) is 0. The Morgan fingerprint density at radius 2 is 1.75 bits per heavy atom. The van der Waals surface area contributed by atoms with E-state index in [-0.39, 0.29) is 13.5 Å². The van der Waals surface area contributed by atoms with Crippen LogP contribution in [0.2, 0.25) is 0 Å². The third-order valence-corrected chi connectivity index (χ3v) is 1.16. The van der Waals surface area contributed by atoms with E-state index in [1.165, 1.54) is 4.90 Å². The zero-order valence-electron chi connectivity index (χ0n) is 4.55. The lowest BCUT2D eigenvalue weighted by Crippen LogP contribution is -2.27. The van der Waals surface area contributed by atoms with Gasteiger partial charge in [-0.3, -0.25) is 4.90 Å². The van der Waals surface area contributed by atoms with E-state index in [1.54, 1.807) is 0 Å². The molecule has 0 aliphatic carbocycles. The van der Waals surface area contributed by atoms with Gasteiger partial charge < -0.3 is 10.2 Å². The minimum atomic E-state index is -0.0813. The maximum Gasteiger partial charge on any atom is 0.0974 e. The SMILES string of the molecule is OCN(CO)CCBr. The molecule has 0 aromatic heterocycles. The van der Waals surface area contributed by atoms with Gasteiger partial charge in [-0.25, -0.2) is 0 Å². The van der Waals surface area contributed by atoms with Crippen molar-refractivity contribution in [3.05, 3.63) is 0 Å². The smallest absolute Gasteiger partial charge is 0.0974 e. The number of rotatable bonds is 4. The highest BCUT2D eigenvalue weighted by Crippen LogP contribution is 1.85. The van der Waals surface area contributed by atoms with Gasteiger partial charge in [-0.05, 0) is 0 Å². The number of halogens is 1. The van der Waals surface area contributed by atoms with Crippen LogP contribution in [0.4, 0.5) is 0 Å². The Bertz CT molecular complexity index is 49.3. The summed E-state index contributed by atoms with van der Waals surface area (Å²) in [5.74, 6) is 0. The molecular weight excluding hydrogens is 174 g/mol. The zero-order valence-corrected chi connectivity index (χ0v) is 6.13. The van der Waals surface area contributed by atoms with Crippen LogP contribution in [0, 0.1) is 0 Å². The molecule has 0 rings (SSSR count). The van der Waals surface area contributed by atoms with Crippen molar-refractivity contribution < 1.29 is 10.2 Å². The van der Waals surface area contributed by atoms with E-state index in [0.29, 0.717) is 6.54 Å². The molecule has 50 valence electrons. The first kappa shape index (κ1) is 8.36. The highest BCUT2D eigenvalue weighted by atomic mass is 79.9. The molecular formula is C4H10BrNO2. The second-order valence-corrected chi connectivity index (χ2v) is 2.16. The topological polar surface area (TPSA) is 43.7 Å². The molecule has 8 heavy (non-hydrogen) atoms. The Balaban J connectivity index is 3.07. The van der Waals surface area contributed by atoms with Crippen LogP contribution in [-0.2, 0) is 0 Å². The number of aliphatic hydroxyl groups excluding tert-OH is 2. The minimum absolute atomic E-state index is 0.0813. The summed E-state index contributed by atoms with van der Waals surface area (Å²) in [4.78, 5) is 1.49. The lowest BCUT2D eigenvalue weighted by molar-refractivity contribution is 0.0350. The van der Waals surface area contributed by atoms with Crippen molar-refractivity contribution in [2.24, 2.45) is 0 Å². The van der Waals surface area contributed by atoms with E-state index < -0.39 is 0 Å². The molecule has 0 unspecified atom stereocenters. The predicted octanol–water partition coefficient (Wildman–Crippen LogP) is -0.417. The average Bonchev–Trinajstić information content (AvgIpc) is 1.83. The first-order valence-corrected chi connectivity index (χ1v) is 3.47. The van der Waals surface area contributed by atoms with Crippen LogP contribution < -0.4 is 0 Å². The standard InChI is InChI=1S/C4H10BrNO2/c5-1-2-6(3-7)4-8/h7-8H,1-4H2. The van der Waals surface area contributed by atoms with Crippen molar-refractivity contribution in [3.8, 4) is 0 Å². The van der Waals surface area contributed by atoms with Crippen LogP contribution >= 0.6 is 15.9 Å². The number of aliphatic hydroxyl groups is 2. The molecule has 4 heteroatoms. The largest absolute Gasteiger partial charge is 0.381 e. The molecule has 2 N–H and O–H groups in total. The van der Waals surface area contributed by atoms with Crippen LogP contribution in [0.5, 0.6) is 0 Å². The summed E-state index contributed by atoms with van der Waals surface area (Å²) in [7, 11) is 0. The second-order valence-electron chi connectivity index (χ2n) is 1.37. The van der Waals surface area contributed by atoms with E-state index in [1.807, 2.05) is 0 Å². The second kappa shape index (κ2) is 5.50. The highest BCUT2D eigenvalue weighted by molar-refractivity contribution is 9.09. The van der Waals surface area contributed by atoms with Gasteiger partial charge in [-0.15, -0.1) is 0 Å². The summed E-state index contributed by atoms with van der Waals surface area (Å²) >= 11 is 3.17. The molecule has 0 saturated carbocycles. The van der Waals surface area contributed by atoms with Gasteiger partial charge in [0.2, 0.25) is 0 Å². The van der Waals surface area contributed by atoms with Crippen molar-refractivity contribution in [3.63, 3.8) is 0 Å². The Hall–Kier alpha value is 0.360. The van der Waals surface area contributed by atoms with Crippen molar-refractivity contribution in [1.29, 1.82) is 0 Å². The average molecular weight is 184 g/mol. The lowest BCUT2D eigenvalue weighted by Gasteiger charge is -2.12. The van der Waals surface area contributed by atoms with Gasteiger partial charge in [0.1, 0.15) is 0 Å². The lowest BCUT2D eigenvalue weighted by atomic mass is 10.7. The fourth-order valence-electron chi connectivity index (χ4n) is 0.306. The van der Waals surface area contributed by atoms with Crippen LogP contribution in [0.1, 0.15) is 0 Å². The van der Waals surface area contributed by atoms with E-state index in [2.05, 4.69) is 15.9 Å². The Labute approximate surface area is 57.0 Å². The quantitative estimate of drug-likeness (QED) is 0.460. The molecule has 0 atom stereocenters. The fourth-order valence-corrected chi connectivity index (χ4v) is 0.807. The van der Waals surface area contributed by atoms with Crippen LogP contribution in [-0.4, -0.2) is 40.4 Å². The highest BCUT2D eigenvalue weighted by Gasteiger charge is 1.95. The van der Waals surface area contributed by atoms with Gasteiger partial charge in [-0.1, -0.05) is 15.9 Å². The third-order valence-electron chi connectivity index (χ3n) is 0.801. The molecule has 0 radical (unpaired) electrons. The normalized spacial score (nSPS) is 10.5. The fraction of sp³-hybridized carbons (Fsp3) is 1.00. The first-order chi connectivity index (χ1) is 3.85. The van der Waals surface area contributed by atoms with Gasteiger partial charge >= 0.3 is 0 Å². The summed E-state index contributed by atoms with van der Waals surface area (Å²) in [6.45, 7) is 0.511. The summed E-state index contributed by atoms with van der Waals surface area (Å²) in [6.07, 6.45) is 0. The van der Waals surface area contributed by atoms with Gasteiger partial charge in [-0.2, -0.15) is 0 Å². The van der Waals surface area contributed by atoms with E-state index >= 15 is 0 Å². The van der Waals surface area contributed by atoms with Crippen LogP contribution in [0.15, 0.2) is 0 Å². The summed E-state index contributed by atoms with van der Waals surface area (Å²) in [6, 6.07) is 0. The number of alkyl halides is 1. The van der Waals surface area contributed by atoms with E-state index in [0.717, 1.165) is 5.33 Å². The predicted molar refractivity (Wildman–Crippen MR) is 34.7 cm³/mol. The maximum atomic E-state index is 8.40. The molecule has 0 aromatic rings. The molecule has 0 bridgehead atoms. The van der Waals surface area contributed by atoms with Crippen molar-refractivity contribution in [1.82, 2.24) is 4.90 Å². The molecule has 0 fully saturated rings.